The fraction of sp³-hybridized carbons (Fsp3) is 0.316. The third kappa shape index (κ3) is 4.20. The summed E-state index contributed by atoms with van der Waals surface area (Å²) in [5.41, 5.74) is 3.21. The van der Waals surface area contributed by atoms with Crippen LogP contribution in [0.25, 0.3) is 5.70 Å². The van der Waals surface area contributed by atoms with Crippen LogP contribution in [0.1, 0.15) is 43.4 Å². The Hall–Kier alpha value is -2.20. The van der Waals surface area contributed by atoms with Crippen molar-refractivity contribution < 1.29 is 0 Å². The summed E-state index contributed by atoms with van der Waals surface area (Å²) in [6, 6.07) is 10.3. The van der Waals surface area contributed by atoms with Gasteiger partial charge in [-0.2, -0.15) is 5.10 Å². The van der Waals surface area contributed by atoms with Crippen LogP contribution in [-0.2, 0) is 6.42 Å². The van der Waals surface area contributed by atoms with Gasteiger partial charge in [0, 0.05) is 17.8 Å². The second kappa shape index (κ2) is 7.58. The predicted molar refractivity (Wildman–Crippen MR) is 99.2 cm³/mol. The number of aryl methyl sites for hydroxylation is 1. The number of halogens is 1. The molecule has 1 aliphatic rings. The summed E-state index contributed by atoms with van der Waals surface area (Å²) in [6.07, 6.45) is 7.68. The molecule has 1 aromatic heterocycles. The van der Waals surface area contributed by atoms with Gasteiger partial charge < -0.3 is 0 Å². The van der Waals surface area contributed by atoms with E-state index >= 15 is 0 Å². The monoisotopic (exact) mass is 340 g/mol. The van der Waals surface area contributed by atoms with Crippen molar-refractivity contribution in [1.82, 2.24) is 14.8 Å². The Balaban J connectivity index is 1.96. The van der Waals surface area contributed by atoms with Gasteiger partial charge >= 0.3 is 0 Å². The Bertz CT molecular complexity index is 800. The van der Waals surface area contributed by atoms with Gasteiger partial charge in [0.15, 0.2) is 0 Å². The van der Waals surface area contributed by atoms with E-state index in [-0.39, 0.29) is 0 Å². The Morgan fingerprint density at radius 2 is 1.96 bits per heavy atom. The average molecular weight is 341 g/mol. The maximum atomic E-state index is 6.30. The molecule has 0 aliphatic carbocycles. The zero-order chi connectivity index (χ0) is 16.9. The number of hydrogen-bond donors (Lipinski definition) is 0. The van der Waals surface area contributed by atoms with Crippen molar-refractivity contribution in [1.29, 1.82) is 0 Å². The Labute approximate surface area is 147 Å². The molecule has 1 aliphatic heterocycles. The molecule has 4 nitrogen and oxygen atoms in total. The van der Waals surface area contributed by atoms with Gasteiger partial charge in [-0.25, -0.2) is 14.7 Å². The van der Waals surface area contributed by atoms with Crippen molar-refractivity contribution >= 4 is 22.5 Å². The molecular formula is C19H21ClN4. The Morgan fingerprint density at radius 3 is 2.75 bits per heavy atom. The molecule has 0 saturated carbocycles. The van der Waals surface area contributed by atoms with Gasteiger partial charge in [0.2, 0.25) is 0 Å². The van der Waals surface area contributed by atoms with Crippen LogP contribution >= 0.6 is 11.6 Å². The summed E-state index contributed by atoms with van der Waals surface area (Å²) in [6.45, 7) is 3.89. The topological polar surface area (TPSA) is 43.1 Å². The summed E-state index contributed by atoms with van der Waals surface area (Å²) < 4.78 is 1.93. The molecular weight excluding hydrogens is 320 g/mol. The highest BCUT2D eigenvalue weighted by Gasteiger charge is 2.13. The van der Waals surface area contributed by atoms with Crippen molar-refractivity contribution in [3.63, 3.8) is 0 Å². The number of allylic oxidation sites excluding steroid dienone is 4. The highest BCUT2D eigenvalue weighted by atomic mass is 35.5. The molecule has 0 spiro atoms. The molecule has 124 valence electrons. The minimum absolute atomic E-state index is 0.486. The summed E-state index contributed by atoms with van der Waals surface area (Å²) in [7, 11) is 0. The normalized spacial score (nSPS) is 15.7. The first-order valence-electron chi connectivity index (χ1n) is 8.20. The molecule has 0 unspecified atom stereocenters. The second-order valence-electron chi connectivity index (χ2n) is 5.96. The number of aliphatic imine (C=N–C) groups is 1. The number of benzene rings is 1. The zero-order valence-corrected chi connectivity index (χ0v) is 14.8. The lowest BCUT2D eigenvalue weighted by Gasteiger charge is -2.10. The van der Waals surface area contributed by atoms with Crippen LogP contribution in [0.2, 0.25) is 0 Å². The standard InChI is InChI=1S/C19H21ClN4/c1-14-8-6-7-11-17(13-18(20)21-14)24-19(22-15(2)23-24)12-16-9-4-3-5-10-16/h3-5,8-10,13H,6-7,11-12H2,1-2H3. The minimum Gasteiger partial charge on any atom is -0.242 e. The van der Waals surface area contributed by atoms with Crippen LogP contribution in [0, 0.1) is 6.92 Å². The molecule has 0 bridgehead atoms. The average Bonchev–Trinajstić information content (AvgIpc) is 2.94. The quantitative estimate of drug-likeness (QED) is 0.809. The lowest BCUT2D eigenvalue weighted by Crippen LogP contribution is -2.07. The first-order valence-corrected chi connectivity index (χ1v) is 8.58. The van der Waals surface area contributed by atoms with Crippen molar-refractivity contribution in [2.45, 2.75) is 39.5 Å². The van der Waals surface area contributed by atoms with E-state index < -0.39 is 0 Å². The molecule has 0 N–H and O–H groups in total. The van der Waals surface area contributed by atoms with E-state index in [1.807, 2.05) is 42.8 Å². The molecule has 0 radical (unpaired) electrons. The molecule has 0 saturated heterocycles. The van der Waals surface area contributed by atoms with E-state index in [0.717, 1.165) is 48.7 Å². The number of hydrogen-bond acceptors (Lipinski definition) is 3. The highest BCUT2D eigenvalue weighted by molar-refractivity contribution is 6.68. The molecule has 24 heavy (non-hydrogen) atoms. The molecule has 3 rings (SSSR count). The smallest absolute Gasteiger partial charge is 0.148 e. The van der Waals surface area contributed by atoms with Gasteiger partial charge in [0.05, 0.1) is 0 Å². The molecule has 2 aromatic rings. The maximum Gasteiger partial charge on any atom is 0.148 e. The number of aromatic nitrogens is 3. The number of nitrogens with zero attached hydrogens (tertiary/aromatic N) is 4. The molecule has 1 aromatic carbocycles. The third-order valence-corrected chi connectivity index (χ3v) is 4.10. The van der Waals surface area contributed by atoms with E-state index in [0.29, 0.717) is 5.17 Å². The summed E-state index contributed by atoms with van der Waals surface area (Å²) >= 11 is 6.30. The lowest BCUT2D eigenvalue weighted by molar-refractivity contribution is 0.759. The predicted octanol–water partition coefficient (Wildman–Crippen LogP) is 4.74. The Kier molecular flexibility index (Phi) is 5.26. The van der Waals surface area contributed by atoms with Gasteiger partial charge in [0.1, 0.15) is 16.8 Å². The third-order valence-electron chi connectivity index (χ3n) is 3.90. The first-order chi connectivity index (χ1) is 11.6. The van der Waals surface area contributed by atoms with Crippen LogP contribution in [0.5, 0.6) is 0 Å². The van der Waals surface area contributed by atoms with E-state index in [1.54, 1.807) is 0 Å². The zero-order valence-electron chi connectivity index (χ0n) is 14.0. The summed E-state index contributed by atoms with van der Waals surface area (Å²) in [5.74, 6) is 1.70. The van der Waals surface area contributed by atoms with E-state index in [4.69, 9.17) is 11.6 Å². The van der Waals surface area contributed by atoms with Gasteiger partial charge in [-0.05, 0) is 44.7 Å². The first kappa shape index (κ1) is 16.7. The van der Waals surface area contributed by atoms with Crippen LogP contribution in [0.4, 0.5) is 0 Å². The van der Waals surface area contributed by atoms with Crippen LogP contribution in [0.3, 0.4) is 0 Å². The second-order valence-corrected chi connectivity index (χ2v) is 6.34. The largest absolute Gasteiger partial charge is 0.242 e. The van der Waals surface area contributed by atoms with E-state index in [1.165, 1.54) is 5.56 Å². The molecule has 5 heteroatoms. The van der Waals surface area contributed by atoms with Gasteiger partial charge in [-0.1, -0.05) is 48.0 Å². The fourth-order valence-corrected chi connectivity index (χ4v) is 3.06. The van der Waals surface area contributed by atoms with E-state index in [2.05, 4.69) is 33.3 Å². The van der Waals surface area contributed by atoms with Gasteiger partial charge in [-0.15, -0.1) is 0 Å². The molecule has 0 atom stereocenters. The highest BCUT2D eigenvalue weighted by Crippen LogP contribution is 2.20. The fourth-order valence-electron chi connectivity index (χ4n) is 2.80. The van der Waals surface area contributed by atoms with Crippen molar-refractivity contribution in [3.8, 4) is 0 Å². The molecule has 0 fully saturated rings. The Morgan fingerprint density at radius 1 is 1.17 bits per heavy atom. The van der Waals surface area contributed by atoms with E-state index in [9.17, 15) is 0 Å². The minimum atomic E-state index is 0.486. The van der Waals surface area contributed by atoms with Crippen LogP contribution < -0.4 is 0 Å². The van der Waals surface area contributed by atoms with Crippen molar-refractivity contribution in [2.75, 3.05) is 0 Å². The lowest BCUT2D eigenvalue weighted by atomic mass is 10.1. The molecule has 0 amide bonds. The summed E-state index contributed by atoms with van der Waals surface area (Å²) in [4.78, 5) is 9.01. The van der Waals surface area contributed by atoms with Gasteiger partial charge in [-0.3, -0.25) is 0 Å². The molecule has 2 heterocycles. The maximum absolute atomic E-state index is 6.30. The van der Waals surface area contributed by atoms with Crippen LogP contribution in [-0.4, -0.2) is 19.9 Å². The SMILES string of the molecule is CC1=CCCCC(n2nc(C)nc2Cc2ccccc2)=CC(Cl)=N1. The van der Waals surface area contributed by atoms with Crippen LogP contribution in [0.15, 0.2) is 53.2 Å². The van der Waals surface area contributed by atoms with Gasteiger partial charge in [0.25, 0.3) is 0 Å². The van der Waals surface area contributed by atoms with Crippen molar-refractivity contribution in [3.05, 3.63) is 65.4 Å². The van der Waals surface area contributed by atoms with Crippen molar-refractivity contribution in [2.24, 2.45) is 4.99 Å². The summed E-state index contributed by atoms with van der Waals surface area (Å²) in [5, 5.41) is 5.08. The number of rotatable bonds is 3.